The summed E-state index contributed by atoms with van der Waals surface area (Å²) in [5, 5.41) is 12.4. The van der Waals surface area contributed by atoms with E-state index in [1.165, 1.54) is 25.9 Å². The van der Waals surface area contributed by atoms with Gasteiger partial charge in [-0.1, -0.05) is 19.1 Å². The van der Waals surface area contributed by atoms with Gasteiger partial charge in [-0.15, -0.1) is 0 Å². The Balaban J connectivity index is 1.75. The van der Waals surface area contributed by atoms with Crippen molar-refractivity contribution in [3.63, 3.8) is 0 Å². The van der Waals surface area contributed by atoms with Crippen LogP contribution in [0.4, 0.5) is 0 Å². The Morgan fingerprint density at radius 1 is 1.43 bits per heavy atom. The van der Waals surface area contributed by atoms with E-state index >= 15 is 0 Å². The van der Waals surface area contributed by atoms with Crippen LogP contribution in [0.3, 0.4) is 0 Å². The van der Waals surface area contributed by atoms with E-state index in [0.29, 0.717) is 11.6 Å². The van der Waals surface area contributed by atoms with Gasteiger partial charge in [-0.25, -0.2) is 4.79 Å². The van der Waals surface area contributed by atoms with Crippen LogP contribution in [0.2, 0.25) is 0 Å². The lowest BCUT2D eigenvalue weighted by molar-refractivity contribution is 0.0697. The molecule has 1 heterocycles. The summed E-state index contributed by atoms with van der Waals surface area (Å²) < 4.78 is 0. The number of nitrogens with zero attached hydrogens (tertiary/aromatic N) is 1. The fourth-order valence-electron chi connectivity index (χ4n) is 2.96. The van der Waals surface area contributed by atoms with Crippen LogP contribution in [0.1, 0.15) is 42.6 Å². The number of benzene rings is 1. The first-order chi connectivity index (χ1) is 10.0. The van der Waals surface area contributed by atoms with Crippen molar-refractivity contribution in [3.05, 3.63) is 35.4 Å². The number of carboxylic acid groups (broad SMARTS) is 1. The molecule has 0 aromatic heterocycles. The maximum atomic E-state index is 10.8. The van der Waals surface area contributed by atoms with Gasteiger partial charge >= 0.3 is 5.97 Å². The molecular formula is C17H26N2O2. The molecule has 0 amide bonds. The number of piperidine rings is 1. The van der Waals surface area contributed by atoms with Gasteiger partial charge in [0.2, 0.25) is 0 Å². The highest BCUT2D eigenvalue weighted by molar-refractivity contribution is 5.87. The Morgan fingerprint density at radius 2 is 2.14 bits per heavy atom. The summed E-state index contributed by atoms with van der Waals surface area (Å²) in [5.41, 5.74) is 1.47. The van der Waals surface area contributed by atoms with Crippen LogP contribution in [0.25, 0.3) is 0 Å². The molecule has 0 bridgehead atoms. The van der Waals surface area contributed by atoms with Crippen LogP contribution in [-0.4, -0.2) is 41.7 Å². The lowest BCUT2D eigenvalue weighted by atomic mass is 10.00. The number of nitrogens with one attached hydrogen (secondary N) is 1. The summed E-state index contributed by atoms with van der Waals surface area (Å²) in [7, 11) is 0. The second kappa shape index (κ2) is 7.57. The van der Waals surface area contributed by atoms with Crippen LogP contribution in [0.15, 0.2) is 24.3 Å². The molecule has 0 spiro atoms. The van der Waals surface area contributed by atoms with Crippen molar-refractivity contribution >= 4 is 5.97 Å². The first kappa shape index (κ1) is 16.0. The van der Waals surface area contributed by atoms with Crippen molar-refractivity contribution < 1.29 is 9.90 Å². The molecule has 1 aliphatic heterocycles. The summed E-state index contributed by atoms with van der Waals surface area (Å²) >= 11 is 0. The van der Waals surface area contributed by atoms with Gasteiger partial charge in [0.1, 0.15) is 0 Å². The molecule has 0 saturated carbocycles. The fraction of sp³-hybridized carbons (Fsp3) is 0.588. The van der Waals surface area contributed by atoms with Crippen molar-refractivity contribution in [3.8, 4) is 0 Å². The van der Waals surface area contributed by atoms with Crippen LogP contribution >= 0.6 is 0 Å². The third-order valence-corrected chi connectivity index (χ3v) is 4.13. The molecule has 21 heavy (non-hydrogen) atoms. The Labute approximate surface area is 127 Å². The van der Waals surface area contributed by atoms with Gasteiger partial charge in [0.25, 0.3) is 0 Å². The van der Waals surface area contributed by atoms with E-state index in [1.54, 1.807) is 12.1 Å². The molecule has 0 radical (unpaired) electrons. The molecule has 2 unspecified atom stereocenters. The minimum atomic E-state index is -0.873. The van der Waals surface area contributed by atoms with Crippen LogP contribution in [0.5, 0.6) is 0 Å². The summed E-state index contributed by atoms with van der Waals surface area (Å²) in [6.07, 6.45) is 2.67. The minimum absolute atomic E-state index is 0.342. The number of rotatable bonds is 6. The summed E-state index contributed by atoms with van der Waals surface area (Å²) in [4.78, 5) is 13.3. The van der Waals surface area contributed by atoms with Gasteiger partial charge in [0.15, 0.2) is 0 Å². The van der Waals surface area contributed by atoms with E-state index in [4.69, 9.17) is 5.11 Å². The van der Waals surface area contributed by atoms with Crippen LogP contribution in [0, 0.1) is 5.92 Å². The van der Waals surface area contributed by atoms with Gasteiger partial charge in [0.05, 0.1) is 5.56 Å². The topological polar surface area (TPSA) is 52.6 Å². The van der Waals surface area contributed by atoms with E-state index in [-0.39, 0.29) is 0 Å². The third kappa shape index (κ3) is 5.14. The molecule has 1 aliphatic rings. The quantitative estimate of drug-likeness (QED) is 0.845. The van der Waals surface area contributed by atoms with Crippen molar-refractivity contribution in [2.45, 2.75) is 39.3 Å². The largest absolute Gasteiger partial charge is 0.478 e. The molecule has 0 aliphatic carbocycles. The van der Waals surface area contributed by atoms with E-state index in [1.807, 2.05) is 12.1 Å². The number of carboxylic acids is 1. The Bertz CT molecular complexity index is 458. The standard InChI is InChI=1S/C17H26N2O2/c1-13-4-3-9-19(11-13)12-14(2)18-10-15-5-7-16(8-6-15)17(20)21/h5-8,13-14,18H,3-4,9-12H2,1-2H3,(H,20,21). The molecule has 1 fully saturated rings. The molecule has 2 N–H and O–H groups in total. The molecule has 2 rings (SSSR count). The van der Waals surface area contributed by atoms with Gasteiger partial charge in [-0.2, -0.15) is 0 Å². The van der Waals surface area contributed by atoms with Gasteiger partial charge in [0, 0.05) is 25.7 Å². The molecule has 1 aromatic carbocycles. The highest BCUT2D eigenvalue weighted by Crippen LogP contribution is 2.15. The fourth-order valence-corrected chi connectivity index (χ4v) is 2.96. The maximum Gasteiger partial charge on any atom is 0.335 e. The van der Waals surface area contributed by atoms with Crippen molar-refractivity contribution in [1.29, 1.82) is 0 Å². The lowest BCUT2D eigenvalue weighted by Crippen LogP contribution is -2.43. The smallest absolute Gasteiger partial charge is 0.335 e. The monoisotopic (exact) mass is 290 g/mol. The van der Waals surface area contributed by atoms with E-state index in [2.05, 4.69) is 24.1 Å². The van der Waals surface area contributed by atoms with E-state index in [0.717, 1.165) is 24.6 Å². The Hall–Kier alpha value is -1.39. The predicted octanol–water partition coefficient (Wildman–Crippen LogP) is 2.59. The number of hydrogen-bond donors (Lipinski definition) is 2. The van der Waals surface area contributed by atoms with Crippen LogP contribution in [-0.2, 0) is 6.54 Å². The maximum absolute atomic E-state index is 10.8. The average Bonchev–Trinajstić information content (AvgIpc) is 2.45. The molecule has 2 atom stereocenters. The molecule has 116 valence electrons. The first-order valence-corrected chi connectivity index (χ1v) is 7.82. The molecule has 1 saturated heterocycles. The zero-order chi connectivity index (χ0) is 15.2. The summed E-state index contributed by atoms with van der Waals surface area (Å²) in [6, 6.07) is 7.53. The first-order valence-electron chi connectivity index (χ1n) is 7.82. The summed E-state index contributed by atoms with van der Waals surface area (Å²) in [6.45, 7) is 8.82. The van der Waals surface area contributed by atoms with Gasteiger partial charge in [-0.3, -0.25) is 0 Å². The van der Waals surface area contributed by atoms with Crippen molar-refractivity contribution in [2.75, 3.05) is 19.6 Å². The highest BCUT2D eigenvalue weighted by Gasteiger charge is 2.17. The van der Waals surface area contributed by atoms with E-state index in [9.17, 15) is 4.79 Å². The molecule has 1 aromatic rings. The Morgan fingerprint density at radius 3 is 2.76 bits per heavy atom. The third-order valence-electron chi connectivity index (χ3n) is 4.13. The van der Waals surface area contributed by atoms with Gasteiger partial charge < -0.3 is 15.3 Å². The molecular weight excluding hydrogens is 264 g/mol. The molecule has 4 heteroatoms. The lowest BCUT2D eigenvalue weighted by Gasteiger charge is -2.33. The highest BCUT2D eigenvalue weighted by atomic mass is 16.4. The van der Waals surface area contributed by atoms with E-state index < -0.39 is 5.97 Å². The number of aromatic carboxylic acids is 1. The van der Waals surface area contributed by atoms with Crippen LogP contribution < -0.4 is 5.32 Å². The SMILES string of the molecule is CC1CCCN(CC(C)NCc2ccc(C(=O)O)cc2)C1. The average molecular weight is 290 g/mol. The second-order valence-corrected chi connectivity index (χ2v) is 6.29. The number of carbonyl (C=O) groups is 1. The minimum Gasteiger partial charge on any atom is -0.478 e. The zero-order valence-electron chi connectivity index (χ0n) is 13.0. The molecule has 4 nitrogen and oxygen atoms in total. The second-order valence-electron chi connectivity index (χ2n) is 6.29. The van der Waals surface area contributed by atoms with Gasteiger partial charge in [-0.05, 0) is 49.9 Å². The number of likely N-dealkylation sites (tertiary alicyclic amines) is 1. The normalized spacial score (nSPS) is 21.1. The zero-order valence-corrected chi connectivity index (χ0v) is 13.0. The number of hydrogen-bond acceptors (Lipinski definition) is 3. The van der Waals surface area contributed by atoms with Crippen molar-refractivity contribution in [2.24, 2.45) is 5.92 Å². The van der Waals surface area contributed by atoms with Crippen molar-refractivity contribution in [1.82, 2.24) is 10.2 Å². The predicted molar refractivity (Wildman–Crippen MR) is 84.5 cm³/mol. The Kier molecular flexibility index (Phi) is 5.76. The summed E-state index contributed by atoms with van der Waals surface area (Å²) in [5.74, 6) is -0.0587.